The molecule has 9 nitrogen and oxygen atoms in total. The number of rotatable bonds is 5. The fourth-order valence-corrected chi connectivity index (χ4v) is 3.78. The predicted molar refractivity (Wildman–Crippen MR) is 108 cm³/mol. The summed E-state index contributed by atoms with van der Waals surface area (Å²) in [7, 11) is 3.07. The van der Waals surface area contributed by atoms with Crippen LogP contribution in [0.3, 0.4) is 0 Å². The number of fused-ring (bicyclic) bond motifs is 1. The normalized spacial score (nSPS) is 11.7. The van der Waals surface area contributed by atoms with Crippen LogP contribution in [0, 0.1) is 10.1 Å². The minimum absolute atomic E-state index is 0.00887. The van der Waals surface area contributed by atoms with Gasteiger partial charge in [-0.1, -0.05) is 11.3 Å². The Labute approximate surface area is 167 Å². The lowest BCUT2D eigenvalue weighted by Crippen LogP contribution is -2.23. The molecular weight excluding hydrogens is 396 g/mol. The van der Waals surface area contributed by atoms with Crippen LogP contribution in [-0.4, -0.2) is 33.7 Å². The van der Waals surface area contributed by atoms with Crippen LogP contribution in [0.5, 0.6) is 11.5 Å². The van der Waals surface area contributed by atoms with Gasteiger partial charge in [-0.25, -0.2) is 4.40 Å². The first-order valence-corrected chi connectivity index (χ1v) is 9.20. The molecule has 146 valence electrons. The van der Waals surface area contributed by atoms with E-state index in [-0.39, 0.29) is 11.2 Å². The number of ether oxygens (including phenoxy) is 2. The summed E-state index contributed by atoms with van der Waals surface area (Å²) in [4.78, 5) is 23.7. The van der Waals surface area contributed by atoms with E-state index in [0.29, 0.717) is 37.9 Å². The van der Waals surface area contributed by atoms with Crippen molar-refractivity contribution in [2.75, 3.05) is 14.2 Å². The highest BCUT2D eigenvalue weighted by atomic mass is 32.1. The van der Waals surface area contributed by atoms with Gasteiger partial charge < -0.3 is 9.47 Å². The van der Waals surface area contributed by atoms with Crippen molar-refractivity contribution in [1.82, 2.24) is 14.6 Å². The second-order valence-corrected chi connectivity index (χ2v) is 6.98. The summed E-state index contributed by atoms with van der Waals surface area (Å²) < 4.78 is 12.4. The van der Waals surface area contributed by atoms with Gasteiger partial charge in [-0.05, 0) is 42.0 Å². The Morgan fingerprint density at radius 1 is 1.07 bits per heavy atom. The van der Waals surface area contributed by atoms with Crippen molar-refractivity contribution in [3.8, 4) is 22.9 Å². The molecule has 2 heterocycles. The third-order valence-corrected chi connectivity index (χ3v) is 5.25. The number of nitro groups is 1. The Hall–Kier alpha value is -3.79. The van der Waals surface area contributed by atoms with Crippen LogP contribution in [-0.2, 0) is 0 Å². The average Bonchev–Trinajstić information content (AvgIpc) is 3.28. The van der Waals surface area contributed by atoms with Crippen molar-refractivity contribution in [1.29, 1.82) is 0 Å². The number of hydrogen-bond donors (Lipinski definition) is 0. The molecule has 0 bridgehead atoms. The van der Waals surface area contributed by atoms with E-state index < -0.39 is 4.92 Å². The summed E-state index contributed by atoms with van der Waals surface area (Å²) in [6, 6.07) is 11.2. The highest BCUT2D eigenvalue weighted by molar-refractivity contribution is 7.15. The van der Waals surface area contributed by atoms with Gasteiger partial charge in [0.15, 0.2) is 17.3 Å². The lowest BCUT2D eigenvalue weighted by atomic mass is 10.2. The number of methoxy groups -OCH3 is 2. The van der Waals surface area contributed by atoms with Crippen molar-refractivity contribution >= 4 is 28.1 Å². The quantitative estimate of drug-likeness (QED) is 0.367. The fraction of sp³-hybridized carbons (Fsp3) is 0.105. The fourth-order valence-electron chi connectivity index (χ4n) is 2.87. The number of nitrogens with zero attached hydrogens (tertiary/aromatic N) is 4. The van der Waals surface area contributed by atoms with Gasteiger partial charge in [-0.2, -0.15) is 0 Å². The molecule has 4 rings (SSSR count). The van der Waals surface area contributed by atoms with Crippen LogP contribution in [0.25, 0.3) is 22.4 Å². The van der Waals surface area contributed by atoms with Gasteiger partial charge >= 0.3 is 0 Å². The summed E-state index contributed by atoms with van der Waals surface area (Å²) in [5, 5.41) is 19.0. The molecule has 0 aliphatic heterocycles. The zero-order valence-electron chi connectivity index (χ0n) is 15.4. The van der Waals surface area contributed by atoms with E-state index in [1.54, 1.807) is 43.5 Å². The molecule has 0 fully saturated rings. The van der Waals surface area contributed by atoms with E-state index in [1.165, 1.54) is 35.0 Å². The van der Waals surface area contributed by atoms with Crippen molar-refractivity contribution < 1.29 is 14.4 Å². The Morgan fingerprint density at radius 3 is 2.45 bits per heavy atom. The van der Waals surface area contributed by atoms with Gasteiger partial charge in [0.05, 0.1) is 23.7 Å². The first kappa shape index (κ1) is 18.6. The first-order valence-electron chi connectivity index (χ1n) is 8.38. The molecule has 0 saturated heterocycles. The number of hydrogen-bond acceptors (Lipinski definition) is 8. The summed E-state index contributed by atoms with van der Waals surface area (Å²) in [5.41, 5.74) is 1.06. The standard InChI is InChI=1S/C19H14N4O5S/c1-27-14-8-5-12(10-15(14)28-2)17-20-21-19-22(17)18(24)16(29-19)9-11-3-6-13(7-4-11)23(25)26/h3-10H,1-2H3/b16-9-. The summed E-state index contributed by atoms with van der Waals surface area (Å²) in [6.07, 6.45) is 1.67. The monoisotopic (exact) mass is 410 g/mol. The molecule has 0 unspecified atom stereocenters. The minimum atomic E-state index is -0.469. The molecule has 0 spiro atoms. The summed E-state index contributed by atoms with van der Waals surface area (Å²) >= 11 is 1.19. The van der Waals surface area contributed by atoms with Crippen LogP contribution in [0.2, 0.25) is 0 Å². The molecule has 0 atom stereocenters. The maximum atomic E-state index is 12.9. The van der Waals surface area contributed by atoms with Crippen LogP contribution < -0.4 is 19.6 Å². The Morgan fingerprint density at radius 2 is 1.79 bits per heavy atom. The molecule has 2 aromatic carbocycles. The molecule has 0 radical (unpaired) electrons. The topological polar surface area (TPSA) is 109 Å². The van der Waals surface area contributed by atoms with E-state index in [4.69, 9.17) is 9.47 Å². The molecule has 2 aromatic heterocycles. The summed E-state index contributed by atoms with van der Waals surface area (Å²) in [5.74, 6) is 1.48. The Kier molecular flexibility index (Phi) is 4.69. The second-order valence-electron chi connectivity index (χ2n) is 5.98. The Bertz CT molecular complexity index is 1330. The van der Waals surface area contributed by atoms with E-state index >= 15 is 0 Å². The minimum Gasteiger partial charge on any atom is -0.493 e. The molecule has 4 aromatic rings. The first-order chi connectivity index (χ1) is 14.0. The molecular formula is C19H14N4O5S. The van der Waals surface area contributed by atoms with Crippen LogP contribution >= 0.6 is 11.3 Å². The van der Waals surface area contributed by atoms with Crippen LogP contribution in [0.15, 0.2) is 47.3 Å². The second kappa shape index (κ2) is 7.32. The SMILES string of the molecule is COc1ccc(-c2nnc3s/c(=C\c4ccc([N+](=O)[O-])cc4)c(=O)n23)cc1OC. The summed E-state index contributed by atoms with van der Waals surface area (Å²) in [6.45, 7) is 0. The van der Waals surface area contributed by atoms with Crippen molar-refractivity contribution in [3.63, 3.8) is 0 Å². The number of nitro benzene ring substituents is 1. The zero-order valence-corrected chi connectivity index (χ0v) is 16.2. The molecule has 0 aliphatic rings. The van der Waals surface area contributed by atoms with E-state index in [0.717, 1.165) is 0 Å². The molecule has 29 heavy (non-hydrogen) atoms. The molecule has 0 amide bonds. The number of aromatic nitrogens is 3. The maximum absolute atomic E-state index is 12.9. The van der Waals surface area contributed by atoms with E-state index in [1.807, 2.05) is 0 Å². The van der Waals surface area contributed by atoms with Gasteiger partial charge in [0.2, 0.25) is 4.96 Å². The zero-order chi connectivity index (χ0) is 20.5. The number of thiazole rings is 1. The van der Waals surface area contributed by atoms with Crippen molar-refractivity contribution in [2.45, 2.75) is 0 Å². The van der Waals surface area contributed by atoms with Gasteiger partial charge in [0, 0.05) is 17.7 Å². The molecule has 10 heteroatoms. The van der Waals surface area contributed by atoms with Crippen molar-refractivity contribution in [2.24, 2.45) is 0 Å². The lowest BCUT2D eigenvalue weighted by Gasteiger charge is -2.08. The van der Waals surface area contributed by atoms with Crippen LogP contribution in [0.1, 0.15) is 5.56 Å². The highest BCUT2D eigenvalue weighted by Gasteiger charge is 2.16. The van der Waals surface area contributed by atoms with E-state index in [9.17, 15) is 14.9 Å². The number of non-ortho nitro benzene ring substituents is 1. The third kappa shape index (κ3) is 3.29. The van der Waals surface area contributed by atoms with Gasteiger partial charge in [0.25, 0.3) is 11.2 Å². The predicted octanol–water partition coefficient (Wildman–Crippen LogP) is 2.29. The van der Waals surface area contributed by atoms with E-state index in [2.05, 4.69) is 10.2 Å². The maximum Gasteiger partial charge on any atom is 0.276 e. The van der Waals surface area contributed by atoms with Gasteiger partial charge in [-0.15, -0.1) is 10.2 Å². The van der Waals surface area contributed by atoms with Crippen LogP contribution in [0.4, 0.5) is 5.69 Å². The molecule has 0 saturated carbocycles. The lowest BCUT2D eigenvalue weighted by molar-refractivity contribution is -0.384. The van der Waals surface area contributed by atoms with Crippen molar-refractivity contribution in [3.05, 3.63) is 73.0 Å². The highest BCUT2D eigenvalue weighted by Crippen LogP contribution is 2.31. The largest absolute Gasteiger partial charge is 0.493 e. The number of benzene rings is 2. The third-order valence-electron chi connectivity index (χ3n) is 4.29. The Balaban J connectivity index is 1.81. The van der Waals surface area contributed by atoms with Gasteiger partial charge in [-0.3, -0.25) is 14.9 Å². The molecule has 0 N–H and O–H groups in total. The smallest absolute Gasteiger partial charge is 0.276 e. The average molecular weight is 410 g/mol. The molecule has 0 aliphatic carbocycles. The van der Waals surface area contributed by atoms with Gasteiger partial charge in [0.1, 0.15) is 0 Å².